The molecule has 1 atom stereocenters. The van der Waals surface area contributed by atoms with Crippen LogP contribution in [0.2, 0.25) is 0 Å². The Labute approximate surface area is 150 Å². The number of rotatable bonds is 4. The van der Waals surface area contributed by atoms with Gasteiger partial charge in [0.25, 0.3) is 0 Å². The second-order valence-corrected chi connectivity index (χ2v) is 7.27. The maximum Gasteiger partial charge on any atom is 0.233 e. The van der Waals surface area contributed by atoms with Crippen LogP contribution in [0.5, 0.6) is 5.88 Å². The summed E-state index contributed by atoms with van der Waals surface area (Å²) in [5.41, 5.74) is 0. The van der Waals surface area contributed by atoms with Crippen molar-refractivity contribution in [3.8, 4) is 5.88 Å². The van der Waals surface area contributed by atoms with Gasteiger partial charge in [0.2, 0.25) is 11.8 Å². The lowest BCUT2D eigenvalue weighted by molar-refractivity contribution is -0.126. The van der Waals surface area contributed by atoms with E-state index in [0.717, 1.165) is 44.6 Å². The van der Waals surface area contributed by atoms with Crippen molar-refractivity contribution in [3.63, 3.8) is 0 Å². The fourth-order valence-electron chi connectivity index (χ4n) is 3.91. The Morgan fingerprint density at radius 2 is 1.84 bits per heavy atom. The molecule has 6 nitrogen and oxygen atoms in total. The molecular formula is C19H30N4O2. The number of ether oxygens (including phenoxy) is 1. The molecule has 0 radical (unpaired) electrons. The quantitative estimate of drug-likeness (QED) is 0.908. The van der Waals surface area contributed by atoms with Gasteiger partial charge in [0, 0.05) is 25.2 Å². The summed E-state index contributed by atoms with van der Waals surface area (Å²) in [4.78, 5) is 14.9. The van der Waals surface area contributed by atoms with Gasteiger partial charge in [0.1, 0.15) is 0 Å². The zero-order valence-corrected chi connectivity index (χ0v) is 15.2. The Hall–Kier alpha value is -1.85. The van der Waals surface area contributed by atoms with Gasteiger partial charge in [-0.15, -0.1) is 10.2 Å². The number of nitrogens with one attached hydrogen (secondary N) is 1. The van der Waals surface area contributed by atoms with Crippen LogP contribution in [0, 0.1) is 5.92 Å². The van der Waals surface area contributed by atoms with E-state index in [-0.39, 0.29) is 11.8 Å². The summed E-state index contributed by atoms with van der Waals surface area (Å²) >= 11 is 0. The summed E-state index contributed by atoms with van der Waals surface area (Å²) in [6, 6.07) is 4.10. The highest BCUT2D eigenvalue weighted by Crippen LogP contribution is 2.23. The molecule has 1 saturated heterocycles. The number of piperidine rings is 1. The molecule has 0 spiro atoms. The van der Waals surface area contributed by atoms with Crippen LogP contribution < -0.4 is 15.0 Å². The van der Waals surface area contributed by atoms with Crippen molar-refractivity contribution < 1.29 is 9.53 Å². The average molecular weight is 346 g/mol. The summed E-state index contributed by atoms with van der Waals surface area (Å²) < 4.78 is 5.06. The van der Waals surface area contributed by atoms with Gasteiger partial charge in [-0.2, -0.15) is 0 Å². The number of nitrogens with zero attached hydrogens (tertiary/aromatic N) is 3. The molecule has 1 unspecified atom stereocenters. The average Bonchev–Trinajstić information content (AvgIpc) is 2.64. The third-order valence-electron chi connectivity index (χ3n) is 5.40. The Bertz CT molecular complexity index is 541. The Morgan fingerprint density at radius 1 is 1.08 bits per heavy atom. The van der Waals surface area contributed by atoms with E-state index in [1.54, 1.807) is 7.11 Å². The van der Waals surface area contributed by atoms with Crippen LogP contribution in [0.1, 0.15) is 57.8 Å². The monoisotopic (exact) mass is 346 g/mol. The van der Waals surface area contributed by atoms with Crippen LogP contribution in [0.15, 0.2) is 12.1 Å². The van der Waals surface area contributed by atoms with E-state index in [4.69, 9.17) is 4.74 Å². The van der Waals surface area contributed by atoms with E-state index < -0.39 is 0 Å². The fraction of sp³-hybridized carbons (Fsp3) is 0.737. The van der Waals surface area contributed by atoms with Gasteiger partial charge in [-0.3, -0.25) is 4.79 Å². The molecule has 1 aliphatic carbocycles. The molecule has 0 aromatic carbocycles. The number of aromatic nitrogens is 2. The van der Waals surface area contributed by atoms with Crippen molar-refractivity contribution in [1.82, 2.24) is 15.5 Å². The van der Waals surface area contributed by atoms with E-state index in [0.29, 0.717) is 11.9 Å². The molecule has 6 heteroatoms. The first-order valence-corrected chi connectivity index (χ1v) is 9.69. The van der Waals surface area contributed by atoms with Gasteiger partial charge >= 0.3 is 0 Å². The van der Waals surface area contributed by atoms with Gasteiger partial charge in [-0.25, -0.2) is 0 Å². The zero-order valence-electron chi connectivity index (χ0n) is 15.2. The molecule has 25 heavy (non-hydrogen) atoms. The van der Waals surface area contributed by atoms with Gasteiger partial charge in [-0.05, 0) is 31.7 Å². The van der Waals surface area contributed by atoms with E-state index in [1.807, 2.05) is 12.1 Å². The number of hydrogen-bond acceptors (Lipinski definition) is 5. The molecule has 1 N–H and O–H groups in total. The molecule has 3 rings (SSSR count). The van der Waals surface area contributed by atoms with Crippen LogP contribution in [0.4, 0.5) is 5.82 Å². The summed E-state index contributed by atoms with van der Waals surface area (Å²) in [6.45, 7) is 1.65. The first-order chi connectivity index (χ1) is 12.3. The Morgan fingerprint density at radius 3 is 2.52 bits per heavy atom. The fourth-order valence-corrected chi connectivity index (χ4v) is 3.91. The van der Waals surface area contributed by atoms with Crippen LogP contribution in [-0.4, -0.2) is 42.3 Å². The summed E-state index contributed by atoms with van der Waals surface area (Å²) in [6.07, 6.45) is 10.7. The van der Waals surface area contributed by atoms with Crippen LogP contribution in [-0.2, 0) is 4.79 Å². The highest BCUT2D eigenvalue weighted by Gasteiger charge is 2.28. The lowest BCUT2D eigenvalue weighted by Gasteiger charge is -2.33. The minimum Gasteiger partial charge on any atom is -0.480 e. The predicted molar refractivity (Wildman–Crippen MR) is 97.8 cm³/mol. The van der Waals surface area contributed by atoms with Crippen molar-refractivity contribution in [2.75, 3.05) is 25.1 Å². The molecule has 0 bridgehead atoms. The van der Waals surface area contributed by atoms with E-state index in [9.17, 15) is 4.79 Å². The molecule has 2 aliphatic rings. The molecule has 2 fully saturated rings. The van der Waals surface area contributed by atoms with Crippen molar-refractivity contribution in [1.29, 1.82) is 0 Å². The molecule has 1 saturated carbocycles. The standard InChI is InChI=1S/C19H30N4O2/c1-25-18-12-11-17(21-22-18)23-13-7-8-15(14-23)19(24)20-16-9-5-3-2-4-6-10-16/h11-12,15-16H,2-10,13-14H2,1H3,(H,20,24). The molecule has 1 aromatic rings. The zero-order chi connectivity index (χ0) is 17.5. The van der Waals surface area contributed by atoms with E-state index in [2.05, 4.69) is 20.4 Å². The molecule has 1 aromatic heterocycles. The third kappa shape index (κ3) is 5.06. The van der Waals surface area contributed by atoms with Crippen molar-refractivity contribution >= 4 is 11.7 Å². The topological polar surface area (TPSA) is 67.3 Å². The Balaban J connectivity index is 1.55. The molecule has 1 aliphatic heterocycles. The molecule has 138 valence electrons. The van der Waals surface area contributed by atoms with E-state index >= 15 is 0 Å². The van der Waals surface area contributed by atoms with E-state index in [1.165, 1.54) is 32.1 Å². The highest BCUT2D eigenvalue weighted by atomic mass is 16.5. The highest BCUT2D eigenvalue weighted by molar-refractivity contribution is 5.79. The number of carbonyl (C=O) groups excluding carboxylic acids is 1. The summed E-state index contributed by atoms with van der Waals surface area (Å²) in [5, 5.41) is 11.6. The third-order valence-corrected chi connectivity index (χ3v) is 5.40. The van der Waals surface area contributed by atoms with Gasteiger partial charge in [-0.1, -0.05) is 32.1 Å². The predicted octanol–water partition coefficient (Wildman–Crippen LogP) is 2.93. The Kier molecular flexibility index (Phi) is 6.48. The van der Waals surface area contributed by atoms with Crippen LogP contribution in [0.3, 0.4) is 0 Å². The lowest BCUT2D eigenvalue weighted by Crippen LogP contribution is -2.46. The number of amides is 1. The number of anilines is 1. The summed E-state index contributed by atoms with van der Waals surface area (Å²) in [5.74, 6) is 1.60. The van der Waals surface area contributed by atoms with Crippen molar-refractivity contribution in [3.05, 3.63) is 12.1 Å². The second-order valence-electron chi connectivity index (χ2n) is 7.27. The number of carbonyl (C=O) groups is 1. The summed E-state index contributed by atoms with van der Waals surface area (Å²) in [7, 11) is 1.58. The van der Waals surface area contributed by atoms with Crippen molar-refractivity contribution in [2.24, 2.45) is 5.92 Å². The maximum absolute atomic E-state index is 12.7. The first-order valence-electron chi connectivity index (χ1n) is 9.69. The van der Waals surface area contributed by atoms with Gasteiger partial charge in [0.15, 0.2) is 5.82 Å². The van der Waals surface area contributed by atoms with Gasteiger partial charge in [0.05, 0.1) is 13.0 Å². The molecular weight excluding hydrogens is 316 g/mol. The smallest absolute Gasteiger partial charge is 0.233 e. The van der Waals surface area contributed by atoms with Crippen molar-refractivity contribution in [2.45, 2.75) is 63.8 Å². The minimum absolute atomic E-state index is 0.0445. The van der Waals surface area contributed by atoms with Gasteiger partial charge < -0.3 is 15.0 Å². The first kappa shape index (κ1) is 18.0. The normalized spacial score (nSPS) is 22.8. The lowest BCUT2D eigenvalue weighted by atomic mass is 9.94. The molecule has 1 amide bonds. The molecule has 2 heterocycles. The van der Waals surface area contributed by atoms with Crippen LogP contribution >= 0.6 is 0 Å². The number of methoxy groups -OCH3 is 1. The SMILES string of the molecule is COc1ccc(N2CCCC(C(=O)NC3CCCCCCC3)C2)nn1. The maximum atomic E-state index is 12.7. The van der Waals surface area contributed by atoms with Crippen LogP contribution in [0.25, 0.3) is 0 Å². The number of hydrogen-bond donors (Lipinski definition) is 1. The minimum atomic E-state index is 0.0445. The second kappa shape index (κ2) is 9.02. The largest absolute Gasteiger partial charge is 0.480 e.